The van der Waals surface area contributed by atoms with Gasteiger partial charge in [0.1, 0.15) is 11.3 Å². The molecule has 2 rings (SSSR count). The molecule has 1 N–H and O–H groups in total. The van der Waals surface area contributed by atoms with E-state index in [1.54, 1.807) is 6.92 Å². The predicted octanol–water partition coefficient (Wildman–Crippen LogP) is 1.26. The highest BCUT2D eigenvalue weighted by molar-refractivity contribution is 6.32. The van der Waals surface area contributed by atoms with Crippen LogP contribution in [-0.2, 0) is 6.54 Å². The van der Waals surface area contributed by atoms with E-state index in [1.807, 2.05) is 0 Å². The molecule has 0 aliphatic carbocycles. The number of nitro groups is 1. The second kappa shape index (κ2) is 5.61. The maximum Gasteiger partial charge on any atom is 0.288 e. The summed E-state index contributed by atoms with van der Waals surface area (Å²) in [6, 6.07) is 1.05. The number of carbonyl (C=O) groups excluding carboxylic acids is 1. The van der Waals surface area contributed by atoms with Crippen molar-refractivity contribution in [2.75, 3.05) is 0 Å². The van der Waals surface area contributed by atoms with Crippen molar-refractivity contribution < 1.29 is 14.2 Å². The fraction of sp³-hybridized carbons (Fsp3) is 0.200. The number of nitrogens with zero attached hydrogens (tertiary/aromatic N) is 4. The maximum absolute atomic E-state index is 11.9. The fourth-order valence-electron chi connectivity index (χ4n) is 1.36. The van der Waals surface area contributed by atoms with Crippen LogP contribution in [-0.4, -0.2) is 26.0 Å². The van der Waals surface area contributed by atoms with E-state index < -0.39 is 10.8 Å². The van der Waals surface area contributed by atoms with Crippen molar-refractivity contribution in [2.45, 2.75) is 13.5 Å². The summed E-state index contributed by atoms with van der Waals surface area (Å²) in [5.41, 5.74) is -0.426. The van der Waals surface area contributed by atoms with Gasteiger partial charge < -0.3 is 9.84 Å². The molecular formula is C10H8ClN5O4. The molecule has 2 aromatic rings. The second-order valence-electron chi connectivity index (χ2n) is 3.71. The van der Waals surface area contributed by atoms with Crippen LogP contribution < -0.4 is 5.32 Å². The fourth-order valence-corrected chi connectivity index (χ4v) is 1.55. The predicted molar refractivity (Wildman–Crippen MR) is 66.1 cm³/mol. The quantitative estimate of drug-likeness (QED) is 0.511. The molecule has 0 spiro atoms. The monoisotopic (exact) mass is 297 g/mol. The van der Waals surface area contributed by atoms with Crippen LogP contribution in [0.15, 0.2) is 16.8 Å². The molecule has 0 bridgehead atoms. The molecule has 104 valence electrons. The molecule has 0 atom stereocenters. The number of amides is 1. The van der Waals surface area contributed by atoms with E-state index in [0.29, 0.717) is 5.82 Å². The summed E-state index contributed by atoms with van der Waals surface area (Å²) in [5, 5.41) is 16.5. The van der Waals surface area contributed by atoms with Gasteiger partial charge in [-0.25, -0.2) is 4.98 Å². The first-order valence-electron chi connectivity index (χ1n) is 5.34. The van der Waals surface area contributed by atoms with Gasteiger partial charge in [-0.05, 0) is 6.92 Å². The molecule has 2 aromatic heterocycles. The Hall–Kier alpha value is -2.55. The number of hydrogen-bond donors (Lipinski definition) is 1. The number of pyridine rings is 1. The van der Waals surface area contributed by atoms with Crippen molar-refractivity contribution in [3.05, 3.63) is 44.8 Å². The zero-order valence-corrected chi connectivity index (χ0v) is 10.9. The number of halogens is 1. The third kappa shape index (κ3) is 3.06. The molecule has 10 heteroatoms. The lowest BCUT2D eigenvalue weighted by atomic mass is 10.2. The number of aromatic nitrogens is 3. The Balaban J connectivity index is 2.12. The first kappa shape index (κ1) is 13.9. The van der Waals surface area contributed by atoms with Crippen molar-refractivity contribution in [2.24, 2.45) is 0 Å². The summed E-state index contributed by atoms with van der Waals surface area (Å²) >= 11 is 5.74. The molecule has 0 saturated heterocycles. The number of nitrogens with one attached hydrogen (secondary N) is 1. The summed E-state index contributed by atoms with van der Waals surface area (Å²) in [6.07, 6.45) is 0.973. The topological polar surface area (TPSA) is 124 Å². The van der Waals surface area contributed by atoms with E-state index in [4.69, 9.17) is 16.1 Å². The first-order chi connectivity index (χ1) is 9.47. The van der Waals surface area contributed by atoms with Crippen LogP contribution in [0, 0.1) is 17.0 Å². The van der Waals surface area contributed by atoms with Gasteiger partial charge in [0.2, 0.25) is 5.89 Å². The Morgan fingerprint density at radius 2 is 2.35 bits per heavy atom. The summed E-state index contributed by atoms with van der Waals surface area (Å²) in [4.78, 5) is 29.3. The van der Waals surface area contributed by atoms with E-state index in [0.717, 1.165) is 12.3 Å². The summed E-state index contributed by atoms with van der Waals surface area (Å²) < 4.78 is 4.81. The number of hydrogen-bond acceptors (Lipinski definition) is 7. The molecular weight excluding hydrogens is 290 g/mol. The molecule has 2 heterocycles. The van der Waals surface area contributed by atoms with E-state index >= 15 is 0 Å². The third-order valence-electron chi connectivity index (χ3n) is 2.25. The van der Waals surface area contributed by atoms with Crippen LogP contribution in [0.3, 0.4) is 0 Å². The Bertz CT molecular complexity index is 671. The van der Waals surface area contributed by atoms with Gasteiger partial charge in [-0.15, -0.1) is 0 Å². The zero-order chi connectivity index (χ0) is 14.7. The highest BCUT2D eigenvalue weighted by atomic mass is 35.5. The minimum absolute atomic E-state index is 0.0152. The molecule has 9 nitrogen and oxygen atoms in total. The number of rotatable bonds is 4. The van der Waals surface area contributed by atoms with E-state index in [2.05, 4.69) is 20.4 Å². The van der Waals surface area contributed by atoms with Crippen LogP contribution in [0.25, 0.3) is 0 Å². The van der Waals surface area contributed by atoms with Gasteiger partial charge in [-0.3, -0.25) is 14.9 Å². The standard InChI is InChI=1S/C10H8ClN5O4/c1-5-14-8(20-15-5)4-13-10(17)7-2-6(16(18)19)3-12-9(7)11/h2-3H,4H2,1H3,(H,13,17). The molecule has 0 radical (unpaired) electrons. The molecule has 0 aliphatic rings. The average molecular weight is 298 g/mol. The van der Waals surface area contributed by atoms with Crippen molar-refractivity contribution in [3.63, 3.8) is 0 Å². The molecule has 1 amide bonds. The van der Waals surface area contributed by atoms with Gasteiger partial charge in [0, 0.05) is 6.07 Å². The van der Waals surface area contributed by atoms with E-state index in [9.17, 15) is 14.9 Å². The minimum atomic E-state index is -0.665. The first-order valence-corrected chi connectivity index (χ1v) is 5.72. The number of carbonyl (C=O) groups is 1. The lowest BCUT2D eigenvalue weighted by Crippen LogP contribution is -2.23. The molecule has 0 aliphatic heterocycles. The van der Waals surface area contributed by atoms with E-state index in [-0.39, 0.29) is 28.8 Å². The van der Waals surface area contributed by atoms with Gasteiger partial charge in [0.25, 0.3) is 11.6 Å². The van der Waals surface area contributed by atoms with Crippen molar-refractivity contribution >= 4 is 23.2 Å². The van der Waals surface area contributed by atoms with Crippen LogP contribution in [0.5, 0.6) is 0 Å². The molecule has 0 saturated carbocycles. The van der Waals surface area contributed by atoms with Gasteiger partial charge >= 0.3 is 0 Å². The van der Waals surface area contributed by atoms with Gasteiger partial charge in [0.05, 0.1) is 17.0 Å². The molecule has 0 aromatic carbocycles. The maximum atomic E-state index is 11.9. The Labute approximate surface area is 117 Å². The second-order valence-corrected chi connectivity index (χ2v) is 4.07. The normalized spacial score (nSPS) is 10.3. The smallest absolute Gasteiger partial charge is 0.288 e. The zero-order valence-electron chi connectivity index (χ0n) is 10.2. The van der Waals surface area contributed by atoms with Crippen molar-refractivity contribution in [3.8, 4) is 0 Å². The Morgan fingerprint density at radius 3 is 2.95 bits per heavy atom. The average Bonchev–Trinajstić information content (AvgIpc) is 2.82. The summed E-state index contributed by atoms with van der Waals surface area (Å²) in [7, 11) is 0. The number of aryl methyl sites for hydroxylation is 1. The lowest BCUT2D eigenvalue weighted by molar-refractivity contribution is -0.385. The minimum Gasteiger partial charge on any atom is -0.343 e. The third-order valence-corrected chi connectivity index (χ3v) is 2.55. The Kier molecular flexibility index (Phi) is 3.89. The van der Waals surface area contributed by atoms with Crippen molar-refractivity contribution in [1.29, 1.82) is 0 Å². The lowest BCUT2D eigenvalue weighted by Gasteiger charge is -2.03. The Morgan fingerprint density at radius 1 is 1.60 bits per heavy atom. The van der Waals surface area contributed by atoms with Crippen LogP contribution in [0.1, 0.15) is 22.1 Å². The van der Waals surface area contributed by atoms with Gasteiger partial charge in [-0.1, -0.05) is 16.8 Å². The van der Waals surface area contributed by atoms with E-state index in [1.165, 1.54) is 0 Å². The highest BCUT2D eigenvalue weighted by Crippen LogP contribution is 2.18. The van der Waals surface area contributed by atoms with Gasteiger partial charge in [0.15, 0.2) is 5.82 Å². The van der Waals surface area contributed by atoms with Crippen LogP contribution >= 0.6 is 11.6 Å². The summed E-state index contributed by atoms with van der Waals surface area (Å²) in [5.74, 6) is 0.0247. The molecule has 20 heavy (non-hydrogen) atoms. The van der Waals surface area contributed by atoms with Crippen LogP contribution in [0.2, 0.25) is 5.15 Å². The highest BCUT2D eigenvalue weighted by Gasteiger charge is 2.17. The van der Waals surface area contributed by atoms with Gasteiger partial charge in [-0.2, -0.15) is 4.98 Å². The molecule has 0 fully saturated rings. The van der Waals surface area contributed by atoms with Crippen molar-refractivity contribution in [1.82, 2.24) is 20.4 Å². The summed E-state index contributed by atoms with van der Waals surface area (Å²) in [6.45, 7) is 1.62. The molecule has 0 unspecified atom stereocenters. The largest absolute Gasteiger partial charge is 0.343 e. The SMILES string of the molecule is Cc1noc(CNC(=O)c2cc([N+](=O)[O-])cnc2Cl)n1. The van der Waals surface area contributed by atoms with Crippen LogP contribution in [0.4, 0.5) is 5.69 Å².